The van der Waals surface area contributed by atoms with Crippen LogP contribution >= 0.6 is 11.8 Å². The van der Waals surface area contributed by atoms with Gasteiger partial charge in [-0.25, -0.2) is 4.39 Å². The Hall–Kier alpha value is -2.12. The van der Waals surface area contributed by atoms with Crippen LogP contribution in [0.25, 0.3) is 0 Å². The second kappa shape index (κ2) is 9.13. The molecule has 0 radical (unpaired) electrons. The highest BCUT2D eigenvalue weighted by Crippen LogP contribution is 2.27. The van der Waals surface area contributed by atoms with Crippen LogP contribution in [-0.4, -0.2) is 51.2 Å². The third-order valence-corrected chi connectivity index (χ3v) is 6.58. The van der Waals surface area contributed by atoms with Crippen LogP contribution < -0.4 is 5.32 Å². The highest BCUT2D eigenvalue weighted by atomic mass is 32.2. The number of carbonyl (C=O) groups is 1. The summed E-state index contributed by atoms with van der Waals surface area (Å²) in [6, 6.07) is 6.93. The maximum Gasteiger partial charge on any atom is 0.274 e. The van der Waals surface area contributed by atoms with Crippen molar-refractivity contribution in [2.45, 2.75) is 38.4 Å². The van der Waals surface area contributed by atoms with Crippen molar-refractivity contribution >= 4 is 17.7 Å². The lowest BCUT2D eigenvalue weighted by Gasteiger charge is -2.27. The predicted octanol–water partition coefficient (Wildman–Crippen LogP) is 3.04. The summed E-state index contributed by atoms with van der Waals surface area (Å²) in [7, 11) is 0. The number of hydrogen-bond donors (Lipinski definition) is 1. The summed E-state index contributed by atoms with van der Waals surface area (Å²) in [5, 5.41) is 8.23. The van der Waals surface area contributed by atoms with Crippen molar-refractivity contribution in [3.63, 3.8) is 0 Å². The second-order valence-corrected chi connectivity index (χ2v) is 8.82. The molecule has 2 aliphatic rings. The van der Waals surface area contributed by atoms with Gasteiger partial charge in [0.15, 0.2) is 5.69 Å². The molecular weight excluding hydrogens is 387 g/mol. The van der Waals surface area contributed by atoms with Gasteiger partial charge in [-0.1, -0.05) is 18.2 Å². The fourth-order valence-electron chi connectivity index (χ4n) is 4.13. The third kappa shape index (κ3) is 4.56. The maximum absolute atomic E-state index is 13.4. The largest absolute Gasteiger partial charge is 0.336 e. The zero-order valence-corrected chi connectivity index (χ0v) is 17.4. The molecule has 1 N–H and O–H groups in total. The number of thioether (sulfide) groups is 1. The van der Waals surface area contributed by atoms with Crippen LogP contribution in [0.2, 0.25) is 0 Å². The molecule has 1 fully saturated rings. The molecule has 0 bridgehead atoms. The number of rotatable bonds is 6. The molecule has 7 heteroatoms. The minimum absolute atomic E-state index is 0.0511. The normalized spacial score (nSPS) is 19.1. The molecule has 29 heavy (non-hydrogen) atoms. The number of carbonyl (C=O) groups excluding carboxylic acids is 1. The second-order valence-electron chi connectivity index (χ2n) is 7.60. The number of halogens is 1. The average Bonchev–Trinajstić information content (AvgIpc) is 3.10. The molecule has 5 nitrogen and oxygen atoms in total. The molecule has 4 rings (SSSR count). The van der Waals surface area contributed by atoms with Gasteiger partial charge in [-0.3, -0.25) is 9.48 Å². The fraction of sp³-hybridized carbons (Fsp3) is 0.455. The summed E-state index contributed by atoms with van der Waals surface area (Å²) in [4.78, 5) is 15.1. The van der Waals surface area contributed by atoms with Crippen LogP contribution in [0.5, 0.6) is 0 Å². The zero-order chi connectivity index (χ0) is 20.2. The Labute approximate surface area is 175 Å². The Morgan fingerprint density at radius 2 is 2.21 bits per heavy atom. The average molecular weight is 415 g/mol. The topological polar surface area (TPSA) is 50.2 Å². The first kappa shape index (κ1) is 20.2. The highest BCUT2D eigenvalue weighted by Gasteiger charge is 2.31. The first-order valence-electron chi connectivity index (χ1n) is 10.2. The van der Waals surface area contributed by atoms with E-state index in [0.717, 1.165) is 60.7 Å². The van der Waals surface area contributed by atoms with Crippen LogP contribution in [0.1, 0.15) is 33.7 Å². The summed E-state index contributed by atoms with van der Waals surface area (Å²) in [5.41, 5.74) is 3.76. The number of benzene rings is 1. The van der Waals surface area contributed by atoms with Crippen molar-refractivity contribution < 1.29 is 9.18 Å². The van der Waals surface area contributed by atoms with E-state index < -0.39 is 0 Å². The summed E-state index contributed by atoms with van der Waals surface area (Å²) >= 11 is 1.89. The Kier molecular flexibility index (Phi) is 6.35. The van der Waals surface area contributed by atoms with E-state index in [9.17, 15) is 9.18 Å². The van der Waals surface area contributed by atoms with Gasteiger partial charge in [0, 0.05) is 48.4 Å². The highest BCUT2D eigenvalue weighted by molar-refractivity contribution is 7.99. The molecule has 1 aromatic carbocycles. The monoisotopic (exact) mass is 414 g/mol. The van der Waals surface area contributed by atoms with Gasteiger partial charge in [0.25, 0.3) is 5.91 Å². The molecule has 1 amide bonds. The van der Waals surface area contributed by atoms with Gasteiger partial charge < -0.3 is 10.2 Å². The van der Waals surface area contributed by atoms with Crippen LogP contribution in [0.3, 0.4) is 0 Å². The van der Waals surface area contributed by atoms with E-state index in [1.54, 1.807) is 12.1 Å². The molecule has 1 atom stereocenters. The number of allylic oxidation sites excluding steroid dienone is 1. The summed E-state index contributed by atoms with van der Waals surface area (Å²) in [6.07, 6.45) is 4.44. The van der Waals surface area contributed by atoms with Gasteiger partial charge >= 0.3 is 0 Å². The van der Waals surface area contributed by atoms with Crippen molar-refractivity contribution in [2.75, 3.05) is 24.6 Å². The lowest BCUT2D eigenvalue weighted by Crippen LogP contribution is -2.39. The van der Waals surface area contributed by atoms with E-state index >= 15 is 0 Å². The Morgan fingerprint density at radius 1 is 1.38 bits per heavy atom. The molecule has 154 valence electrons. The van der Waals surface area contributed by atoms with Gasteiger partial charge in [-0.2, -0.15) is 16.9 Å². The number of aromatic nitrogens is 2. The minimum Gasteiger partial charge on any atom is -0.336 e. The van der Waals surface area contributed by atoms with Gasteiger partial charge in [-0.15, -0.1) is 6.58 Å². The number of fused-ring (bicyclic) bond motifs is 1. The number of nitrogens with zero attached hydrogens (tertiary/aromatic N) is 3. The maximum atomic E-state index is 13.4. The fourth-order valence-corrected chi connectivity index (χ4v) is 5.04. The Bertz CT molecular complexity index is 891. The van der Waals surface area contributed by atoms with E-state index in [1.807, 2.05) is 33.5 Å². The van der Waals surface area contributed by atoms with E-state index in [-0.39, 0.29) is 17.8 Å². The summed E-state index contributed by atoms with van der Waals surface area (Å²) < 4.78 is 15.4. The Balaban J connectivity index is 1.52. The molecule has 0 unspecified atom stereocenters. The minimum atomic E-state index is -0.214. The van der Waals surface area contributed by atoms with Crippen LogP contribution in [-0.2, 0) is 25.9 Å². The first-order chi connectivity index (χ1) is 14.2. The molecule has 0 spiro atoms. The van der Waals surface area contributed by atoms with E-state index in [0.29, 0.717) is 18.8 Å². The molecule has 1 aromatic heterocycles. The summed E-state index contributed by atoms with van der Waals surface area (Å²) in [5.74, 6) is 1.81. The van der Waals surface area contributed by atoms with Gasteiger partial charge in [-0.05, 0) is 37.0 Å². The number of hydrogen-bond acceptors (Lipinski definition) is 4. The van der Waals surface area contributed by atoms with Crippen molar-refractivity contribution in [3.8, 4) is 0 Å². The molecular formula is C22H27FN4OS. The Morgan fingerprint density at radius 3 is 2.97 bits per heavy atom. The standard InChI is InChI=1S/C22H27FN4OS/c1-2-8-27-20-7-6-18(24-15-16-4-3-5-17(23)13-16)14-19(20)21(25-27)22(28)26-9-11-29-12-10-26/h2-5,13,18,24H,1,6-12,14-15H2/t18-/m1/s1. The summed E-state index contributed by atoms with van der Waals surface area (Å²) in [6.45, 7) is 6.64. The van der Waals surface area contributed by atoms with Gasteiger partial charge in [0.05, 0.1) is 6.54 Å². The molecule has 1 aliphatic heterocycles. The predicted molar refractivity (Wildman–Crippen MR) is 115 cm³/mol. The SMILES string of the molecule is C=CCn1nc(C(=O)N2CCSCC2)c2c1CC[C@@H](NCc1cccc(F)c1)C2. The van der Waals surface area contributed by atoms with Gasteiger partial charge in [0.1, 0.15) is 5.82 Å². The first-order valence-corrected chi connectivity index (χ1v) is 11.4. The van der Waals surface area contributed by atoms with Gasteiger partial charge in [0.2, 0.25) is 0 Å². The number of amides is 1. The third-order valence-electron chi connectivity index (χ3n) is 5.63. The molecule has 2 aromatic rings. The molecule has 1 saturated heterocycles. The van der Waals surface area contributed by atoms with Crippen molar-refractivity contribution in [2.24, 2.45) is 0 Å². The van der Waals surface area contributed by atoms with E-state index in [1.165, 1.54) is 6.07 Å². The molecule has 2 heterocycles. The lowest BCUT2D eigenvalue weighted by atomic mass is 9.91. The van der Waals surface area contributed by atoms with Crippen molar-refractivity contribution in [1.82, 2.24) is 20.0 Å². The molecule has 0 saturated carbocycles. The number of nitrogens with one attached hydrogen (secondary N) is 1. The van der Waals surface area contributed by atoms with Crippen LogP contribution in [0.15, 0.2) is 36.9 Å². The lowest BCUT2D eigenvalue weighted by molar-refractivity contribution is 0.0764. The van der Waals surface area contributed by atoms with Crippen molar-refractivity contribution in [3.05, 3.63) is 65.3 Å². The van der Waals surface area contributed by atoms with E-state index in [4.69, 9.17) is 5.10 Å². The van der Waals surface area contributed by atoms with Crippen LogP contribution in [0, 0.1) is 5.82 Å². The molecule has 1 aliphatic carbocycles. The van der Waals surface area contributed by atoms with Crippen molar-refractivity contribution in [1.29, 1.82) is 0 Å². The van der Waals surface area contributed by atoms with Crippen LogP contribution in [0.4, 0.5) is 4.39 Å². The van der Waals surface area contributed by atoms with E-state index in [2.05, 4.69) is 11.9 Å². The quantitative estimate of drug-likeness (QED) is 0.739. The zero-order valence-electron chi connectivity index (χ0n) is 16.6. The smallest absolute Gasteiger partial charge is 0.274 e.